The SMILES string of the molecule is Cc1ccc2c(c1)C(c1ccccc1)=N[C@H](N)C(=O)N2. The molecule has 20 heavy (non-hydrogen) atoms. The Hall–Kier alpha value is -2.46. The lowest BCUT2D eigenvalue weighted by atomic mass is 9.99. The topological polar surface area (TPSA) is 67.5 Å². The molecule has 2 aromatic rings. The summed E-state index contributed by atoms with van der Waals surface area (Å²) in [4.78, 5) is 16.3. The van der Waals surface area contributed by atoms with Crippen LogP contribution in [0.1, 0.15) is 16.7 Å². The zero-order valence-electron chi connectivity index (χ0n) is 11.1. The van der Waals surface area contributed by atoms with E-state index in [1.165, 1.54) is 0 Å². The number of aryl methyl sites for hydroxylation is 1. The van der Waals surface area contributed by atoms with E-state index in [4.69, 9.17) is 5.73 Å². The molecule has 0 fully saturated rings. The van der Waals surface area contributed by atoms with Gasteiger partial charge in [0.1, 0.15) is 0 Å². The van der Waals surface area contributed by atoms with E-state index in [0.29, 0.717) is 0 Å². The number of benzodiazepines with no additional fused rings is 1. The summed E-state index contributed by atoms with van der Waals surface area (Å²) < 4.78 is 0. The van der Waals surface area contributed by atoms with Gasteiger partial charge in [0.15, 0.2) is 6.17 Å². The van der Waals surface area contributed by atoms with E-state index in [0.717, 1.165) is 28.1 Å². The number of amides is 1. The van der Waals surface area contributed by atoms with E-state index in [1.807, 2.05) is 55.5 Å². The molecular formula is C16H15N3O. The lowest BCUT2D eigenvalue weighted by Crippen LogP contribution is -2.33. The number of benzene rings is 2. The predicted molar refractivity (Wildman–Crippen MR) is 79.9 cm³/mol. The highest BCUT2D eigenvalue weighted by atomic mass is 16.2. The minimum Gasteiger partial charge on any atom is -0.322 e. The second kappa shape index (κ2) is 4.90. The van der Waals surface area contributed by atoms with Crippen LogP contribution in [-0.4, -0.2) is 17.8 Å². The van der Waals surface area contributed by atoms with Crippen molar-refractivity contribution in [2.75, 3.05) is 5.32 Å². The number of nitrogens with zero attached hydrogens (tertiary/aromatic N) is 1. The average Bonchev–Trinajstić information content (AvgIpc) is 2.58. The van der Waals surface area contributed by atoms with E-state index >= 15 is 0 Å². The molecule has 0 aliphatic carbocycles. The molecule has 0 aromatic heterocycles. The quantitative estimate of drug-likeness (QED) is 0.828. The summed E-state index contributed by atoms with van der Waals surface area (Å²) in [5, 5.41) is 2.82. The Balaban J connectivity index is 2.23. The maximum Gasteiger partial charge on any atom is 0.263 e. The van der Waals surface area contributed by atoms with E-state index < -0.39 is 6.17 Å². The molecule has 1 atom stereocenters. The predicted octanol–water partition coefficient (Wildman–Crippen LogP) is 2.07. The molecule has 4 nitrogen and oxygen atoms in total. The van der Waals surface area contributed by atoms with Gasteiger partial charge in [-0.2, -0.15) is 0 Å². The molecule has 1 amide bonds. The molecule has 2 aromatic carbocycles. The average molecular weight is 265 g/mol. The maximum absolute atomic E-state index is 11.9. The van der Waals surface area contributed by atoms with Gasteiger partial charge in [-0.25, -0.2) is 0 Å². The van der Waals surface area contributed by atoms with E-state index in [-0.39, 0.29) is 5.91 Å². The lowest BCUT2D eigenvalue weighted by molar-refractivity contribution is -0.117. The molecule has 0 unspecified atom stereocenters. The van der Waals surface area contributed by atoms with Gasteiger partial charge in [0, 0.05) is 11.1 Å². The molecule has 0 saturated carbocycles. The summed E-state index contributed by atoms with van der Waals surface area (Å²) in [6.45, 7) is 2.01. The third-order valence-corrected chi connectivity index (χ3v) is 3.27. The fraction of sp³-hybridized carbons (Fsp3) is 0.125. The number of hydrogen-bond donors (Lipinski definition) is 2. The number of nitrogens with one attached hydrogen (secondary N) is 1. The molecular weight excluding hydrogens is 250 g/mol. The summed E-state index contributed by atoms with van der Waals surface area (Å²) in [6, 6.07) is 15.6. The van der Waals surface area contributed by atoms with Crippen LogP contribution in [0.3, 0.4) is 0 Å². The first-order valence-corrected chi connectivity index (χ1v) is 6.46. The molecule has 1 heterocycles. The molecule has 100 valence electrons. The van der Waals surface area contributed by atoms with Gasteiger partial charge in [-0.15, -0.1) is 0 Å². The second-order valence-electron chi connectivity index (χ2n) is 4.83. The Morgan fingerprint density at radius 2 is 1.90 bits per heavy atom. The van der Waals surface area contributed by atoms with Crippen molar-refractivity contribution < 1.29 is 4.79 Å². The summed E-state index contributed by atoms with van der Waals surface area (Å²) in [5.41, 5.74) is 10.3. The zero-order chi connectivity index (χ0) is 14.1. The summed E-state index contributed by atoms with van der Waals surface area (Å²) in [6.07, 6.45) is -0.891. The number of anilines is 1. The fourth-order valence-electron chi connectivity index (χ4n) is 2.26. The number of nitrogens with two attached hydrogens (primary N) is 1. The van der Waals surface area contributed by atoms with Gasteiger partial charge in [0.2, 0.25) is 0 Å². The smallest absolute Gasteiger partial charge is 0.263 e. The molecule has 0 spiro atoms. The van der Waals surface area contributed by atoms with Crippen LogP contribution < -0.4 is 11.1 Å². The van der Waals surface area contributed by atoms with Gasteiger partial charge in [-0.05, 0) is 19.1 Å². The fourth-order valence-corrected chi connectivity index (χ4v) is 2.26. The maximum atomic E-state index is 11.9. The minimum atomic E-state index is -0.891. The van der Waals surface area contributed by atoms with Crippen molar-refractivity contribution >= 4 is 17.3 Å². The third-order valence-electron chi connectivity index (χ3n) is 3.27. The second-order valence-corrected chi connectivity index (χ2v) is 4.83. The number of rotatable bonds is 1. The largest absolute Gasteiger partial charge is 0.322 e. The minimum absolute atomic E-state index is 0.291. The number of aliphatic imine (C=N–C) groups is 1. The van der Waals surface area contributed by atoms with Gasteiger partial charge in [0.25, 0.3) is 5.91 Å². The first-order valence-electron chi connectivity index (χ1n) is 6.46. The number of fused-ring (bicyclic) bond motifs is 1. The third kappa shape index (κ3) is 2.21. The molecule has 1 aliphatic heterocycles. The van der Waals surface area contributed by atoms with Crippen molar-refractivity contribution in [3.8, 4) is 0 Å². The molecule has 3 rings (SSSR count). The van der Waals surface area contributed by atoms with Gasteiger partial charge in [-0.1, -0.05) is 42.0 Å². The van der Waals surface area contributed by atoms with Crippen LogP contribution in [0.5, 0.6) is 0 Å². The van der Waals surface area contributed by atoms with Crippen LogP contribution >= 0.6 is 0 Å². The van der Waals surface area contributed by atoms with Crippen molar-refractivity contribution in [2.45, 2.75) is 13.1 Å². The normalized spacial score (nSPS) is 17.8. The Bertz CT molecular complexity index is 692. The van der Waals surface area contributed by atoms with Gasteiger partial charge in [0.05, 0.1) is 11.4 Å². The van der Waals surface area contributed by atoms with Gasteiger partial charge in [-0.3, -0.25) is 9.79 Å². The van der Waals surface area contributed by atoms with Crippen molar-refractivity contribution in [2.24, 2.45) is 10.7 Å². The molecule has 0 bridgehead atoms. The van der Waals surface area contributed by atoms with E-state index in [1.54, 1.807) is 0 Å². The zero-order valence-corrected chi connectivity index (χ0v) is 11.1. The highest BCUT2D eigenvalue weighted by molar-refractivity contribution is 6.19. The summed E-state index contributed by atoms with van der Waals surface area (Å²) in [7, 11) is 0. The summed E-state index contributed by atoms with van der Waals surface area (Å²) >= 11 is 0. The monoisotopic (exact) mass is 265 g/mol. The van der Waals surface area contributed by atoms with Crippen LogP contribution in [0, 0.1) is 6.92 Å². The standard InChI is InChI=1S/C16H15N3O/c1-10-7-8-13-12(9-10)14(11-5-3-2-4-6-11)19-15(17)16(20)18-13/h2-9,15H,17H2,1H3,(H,18,20)/t15-/m0/s1. The van der Waals surface area contributed by atoms with Crippen LogP contribution in [0.15, 0.2) is 53.5 Å². The van der Waals surface area contributed by atoms with Crippen LogP contribution in [0.25, 0.3) is 0 Å². The Morgan fingerprint density at radius 1 is 1.15 bits per heavy atom. The van der Waals surface area contributed by atoms with Crippen LogP contribution in [0.4, 0.5) is 5.69 Å². The van der Waals surface area contributed by atoms with Crippen LogP contribution in [0.2, 0.25) is 0 Å². The molecule has 3 N–H and O–H groups in total. The molecule has 0 saturated heterocycles. The Labute approximate surface area is 117 Å². The first kappa shape index (κ1) is 12.6. The Morgan fingerprint density at radius 3 is 2.65 bits per heavy atom. The Kier molecular flexibility index (Phi) is 3.08. The van der Waals surface area contributed by atoms with Crippen molar-refractivity contribution in [1.82, 2.24) is 0 Å². The van der Waals surface area contributed by atoms with Gasteiger partial charge < -0.3 is 11.1 Å². The van der Waals surface area contributed by atoms with Crippen molar-refractivity contribution in [3.05, 3.63) is 65.2 Å². The molecule has 1 aliphatic rings. The van der Waals surface area contributed by atoms with Crippen LogP contribution in [-0.2, 0) is 4.79 Å². The lowest BCUT2D eigenvalue weighted by Gasteiger charge is -2.10. The highest BCUT2D eigenvalue weighted by Crippen LogP contribution is 2.24. The first-order chi connectivity index (χ1) is 9.65. The summed E-state index contributed by atoms with van der Waals surface area (Å²) in [5.74, 6) is -0.291. The molecule has 4 heteroatoms. The highest BCUT2D eigenvalue weighted by Gasteiger charge is 2.22. The van der Waals surface area contributed by atoms with Crippen molar-refractivity contribution in [3.63, 3.8) is 0 Å². The number of hydrogen-bond acceptors (Lipinski definition) is 3. The van der Waals surface area contributed by atoms with E-state index in [9.17, 15) is 4.79 Å². The van der Waals surface area contributed by atoms with Crippen molar-refractivity contribution in [1.29, 1.82) is 0 Å². The van der Waals surface area contributed by atoms with E-state index in [2.05, 4.69) is 10.3 Å². The number of carbonyl (C=O) groups is 1. The van der Waals surface area contributed by atoms with Gasteiger partial charge >= 0.3 is 0 Å². The molecule has 0 radical (unpaired) electrons. The number of carbonyl (C=O) groups excluding carboxylic acids is 1.